The van der Waals surface area contributed by atoms with Crippen molar-refractivity contribution in [1.29, 1.82) is 0 Å². The van der Waals surface area contributed by atoms with Crippen LogP contribution in [-0.2, 0) is 0 Å². The lowest BCUT2D eigenvalue weighted by Crippen LogP contribution is -2.66. The van der Waals surface area contributed by atoms with Crippen molar-refractivity contribution in [1.82, 2.24) is 10.2 Å². The highest BCUT2D eigenvalue weighted by atomic mass is 16.3. The first-order valence-electron chi connectivity index (χ1n) is 4.35. The van der Waals surface area contributed by atoms with Crippen molar-refractivity contribution in [2.24, 2.45) is 0 Å². The smallest absolute Gasteiger partial charge is 0.107 e. The third-order valence-corrected chi connectivity index (χ3v) is 3.00. The molecule has 1 spiro atoms. The van der Waals surface area contributed by atoms with Crippen LogP contribution in [0.5, 0.6) is 0 Å². The molecule has 3 heteroatoms. The highest BCUT2D eigenvalue weighted by Gasteiger charge is 2.43. The molecular weight excluding hydrogens is 140 g/mol. The summed E-state index contributed by atoms with van der Waals surface area (Å²) in [6.45, 7) is 2.33. The molecule has 0 saturated carbocycles. The van der Waals surface area contributed by atoms with Crippen LogP contribution < -0.4 is 5.32 Å². The third-order valence-electron chi connectivity index (χ3n) is 3.00. The van der Waals surface area contributed by atoms with Crippen LogP contribution in [-0.4, -0.2) is 41.9 Å². The van der Waals surface area contributed by atoms with Gasteiger partial charge in [0.1, 0.15) is 6.23 Å². The molecule has 11 heavy (non-hydrogen) atoms. The van der Waals surface area contributed by atoms with Crippen LogP contribution in [0.2, 0.25) is 0 Å². The molecule has 0 aromatic rings. The van der Waals surface area contributed by atoms with Crippen molar-refractivity contribution in [3.63, 3.8) is 0 Å². The largest absolute Gasteiger partial charge is 0.379 e. The molecule has 2 N–H and O–H groups in total. The Hall–Kier alpha value is -0.120. The number of hydrogen-bond donors (Lipinski definition) is 2. The Morgan fingerprint density at radius 1 is 1.45 bits per heavy atom. The van der Waals surface area contributed by atoms with E-state index in [0.717, 1.165) is 6.42 Å². The summed E-state index contributed by atoms with van der Waals surface area (Å²) < 4.78 is 0. The molecule has 2 aliphatic heterocycles. The highest BCUT2D eigenvalue weighted by molar-refractivity contribution is 5.01. The number of nitrogens with one attached hydrogen (secondary N) is 1. The van der Waals surface area contributed by atoms with Gasteiger partial charge >= 0.3 is 0 Å². The lowest BCUT2D eigenvalue weighted by molar-refractivity contribution is -0.0504. The number of rotatable bonds is 0. The number of hydrogen-bond acceptors (Lipinski definition) is 3. The number of aliphatic hydroxyl groups is 1. The molecule has 2 heterocycles. The maximum Gasteiger partial charge on any atom is 0.107 e. The molecule has 64 valence electrons. The van der Waals surface area contributed by atoms with E-state index in [1.807, 2.05) is 0 Å². The molecule has 1 atom stereocenters. The van der Waals surface area contributed by atoms with E-state index in [0.29, 0.717) is 5.54 Å². The fourth-order valence-electron chi connectivity index (χ4n) is 2.10. The monoisotopic (exact) mass is 156 g/mol. The summed E-state index contributed by atoms with van der Waals surface area (Å²) in [7, 11) is 2.15. The molecule has 0 aromatic heterocycles. The summed E-state index contributed by atoms with van der Waals surface area (Å²) in [5, 5.41) is 12.3. The first kappa shape index (κ1) is 7.53. The number of piperidine rings is 1. The number of aliphatic hydroxyl groups excluding tert-OH is 1. The molecule has 0 aliphatic carbocycles. The van der Waals surface area contributed by atoms with Gasteiger partial charge in [0.15, 0.2) is 0 Å². The number of likely N-dealkylation sites (tertiary alicyclic amines) is 1. The van der Waals surface area contributed by atoms with E-state index in [1.54, 1.807) is 0 Å². The summed E-state index contributed by atoms with van der Waals surface area (Å²) in [4.78, 5) is 2.34. The van der Waals surface area contributed by atoms with Crippen molar-refractivity contribution in [2.45, 2.75) is 31.0 Å². The molecule has 0 amide bonds. The molecular formula is C8H16N2O. The zero-order chi connectivity index (χ0) is 7.90. The SMILES string of the molecule is CN1CCC2(CC1)CC(O)N2. The van der Waals surface area contributed by atoms with Gasteiger partial charge in [-0.3, -0.25) is 5.32 Å². The summed E-state index contributed by atoms with van der Waals surface area (Å²) in [6.07, 6.45) is 3.13. The van der Waals surface area contributed by atoms with Gasteiger partial charge in [0.2, 0.25) is 0 Å². The average molecular weight is 156 g/mol. The van der Waals surface area contributed by atoms with Crippen molar-refractivity contribution in [3.8, 4) is 0 Å². The zero-order valence-corrected chi connectivity index (χ0v) is 7.01. The summed E-state index contributed by atoms with van der Waals surface area (Å²) in [5.74, 6) is 0. The Kier molecular flexibility index (Phi) is 1.67. The van der Waals surface area contributed by atoms with Gasteiger partial charge in [-0.15, -0.1) is 0 Å². The van der Waals surface area contributed by atoms with E-state index in [1.165, 1.54) is 25.9 Å². The van der Waals surface area contributed by atoms with Crippen LogP contribution in [0.4, 0.5) is 0 Å². The van der Waals surface area contributed by atoms with Gasteiger partial charge in [0, 0.05) is 12.0 Å². The summed E-state index contributed by atoms with van der Waals surface area (Å²) in [6, 6.07) is 0. The van der Waals surface area contributed by atoms with Crippen LogP contribution >= 0.6 is 0 Å². The van der Waals surface area contributed by atoms with Gasteiger partial charge in [-0.2, -0.15) is 0 Å². The van der Waals surface area contributed by atoms with Crippen molar-refractivity contribution in [2.75, 3.05) is 20.1 Å². The van der Waals surface area contributed by atoms with E-state index in [2.05, 4.69) is 17.3 Å². The minimum absolute atomic E-state index is 0.224. The van der Waals surface area contributed by atoms with Crippen LogP contribution in [0.3, 0.4) is 0 Å². The summed E-state index contributed by atoms with van der Waals surface area (Å²) >= 11 is 0. The third kappa shape index (κ3) is 1.28. The molecule has 2 aliphatic rings. The Morgan fingerprint density at radius 3 is 2.45 bits per heavy atom. The Bertz CT molecular complexity index is 144. The zero-order valence-electron chi connectivity index (χ0n) is 7.01. The first-order chi connectivity index (χ1) is 5.20. The van der Waals surface area contributed by atoms with Crippen LogP contribution in [0.1, 0.15) is 19.3 Å². The predicted molar refractivity (Wildman–Crippen MR) is 43.2 cm³/mol. The molecule has 0 aromatic carbocycles. The standard InChI is InChI=1S/C8H16N2O/c1-10-4-2-8(3-5-10)6-7(11)9-8/h7,9,11H,2-6H2,1H3. The Morgan fingerprint density at radius 2 is 2.00 bits per heavy atom. The average Bonchev–Trinajstić information content (AvgIpc) is 1.92. The number of nitrogens with zero attached hydrogens (tertiary/aromatic N) is 1. The van der Waals surface area contributed by atoms with E-state index < -0.39 is 0 Å². The normalized spacial score (nSPS) is 37.1. The van der Waals surface area contributed by atoms with Gasteiger partial charge < -0.3 is 10.0 Å². The fourth-order valence-corrected chi connectivity index (χ4v) is 2.10. The minimum atomic E-state index is -0.224. The van der Waals surface area contributed by atoms with Gasteiger partial charge in [-0.25, -0.2) is 0 Å². The van der Waals surface area contributed by atoms with Gasteiger partial charge in [-0.1, -0.05) is 0 Å². The van der Waals surface area contributed by atoms with Gasteiger partial charge in [0.25, 0.3) is 0 Å². The maximum absolute atomic E-state index is 9.11. The minimum Gasteiger partial charge on any atom is -0.379 e. The van der Waals surface area contributed by atoms with Crippen molar-refractivity contribution in [3.05, 3.63) is 0 Å². The molecule has 2 rings (SSSR count). The van der Waals surface area contributed by atoms with Crippen LogP contribution in [0.15, 0.2) is 0 Å². The van der Waals surface area contributed by atoms with Crippen molar-refractivity contribution < 1.29 is 5.11 Å². The maximum atomic E-state index is 9.11. The molecule has 0 bridgehead atoms. The molecule has 3 nitrogen and oxygen atoms in total. The first-order valence-corrected chi connectivity index (χ1v) is 4.35. The van der Waals surface area contributed by atoms with E-state index >= 15 is 0 Å². The molecule has 0 radical (unpaired) electrons. The lowest BCUT2D eigenvalue weighted by Gasteiger charge is -2.51. The lowest BCUT2D eigenvalue weighted by atomic mass is 9.78. The molecule has 2 saturated heterocycles. The van der Waals surface area contributed by atoms with Crippen LogP contribution in [0.25, 0.3) is 0 Å². The molecule has 1 unspecified atom stereocenters. The Labute approximate surface area is 67.4 Å². The highest BCUT2D eigenvalue weighted by Crippen LogP contribution is 2.33. The van der Waals surface area contributed by atoms with Crippen LogP contribution in [0, 0.1) is 0 Å². The second kappa shape index (κ2) is 2.44. The second-order valence-electron chi connectivity index (χ2n) is 3.95. The molecule has 2 fully saturated rings. The summed E-state index contributed by atoms with van der Waals surface area (Å²) in [5.41, 5.74) is 0.311. The van der Waals surface area contributed by atoms with E-state index in [9.17, 15) is 0 Å². The predicted octanol–water partition coefficient (Wildman–Crippen LogP) is -0.238. The fraction of sp³-hybridized carbons (Fsp3) is 1.00. The van der Waals surface area contributed by atoms with Crippen molar-refractivity contribution >= 4 is 0 Å². The van der Waals surface area contributed by atoms with E-state index in [4.69, 9.17) is 5.11 Å². The van der Waals surface area contributed by atoms with Gasteiger partial charge in [0.05, 0.1) is 0 Å². The van der Waals surface area contributed by atoms with E-state index in [-0.39, 0.29) is 6.23 Å². The van der Waals surface area contributed by atoms with Gasteiger partial charge in [-0.05, 0) is 33.0 Å². The topological polar surface area (TPSA) is 35.5 Å². The second-order valence-corrected chi connectivity index (χ2v) is 3.95. The Balaban J connectivity index is 1.88. The quantitative estimate of drug-likeness (QED) is 0.508.